The van der Waals surface area contributed by atoms with Crippen molar-refractivity contribution in [2.24, 2.45) is 5.92 Å². The summed E-state index contributed by atoms with van der Waals surface area (Å²) in [6.45, 7) is 1.68. The lowest BCUT2D eigenvalue weighted by atomic mass is 9.93. The number of ether oxygens (including phenoxy) is 1. The van der Waals surface area contributed by atoms with Crippen LogP contribution < -0.4 is 0 Å². The van der Waals surface area contributed by atoms with E-state index in [1.165, 1.54) is 7.11 Å². The van der Waals surface area contributed by atoms with Crippen molar-refractivity contribution < 1.29 is 23.4 Å². The molecule has 0 heterocycles. The highest BCUT2D eigenvalue weighted by Gasteiger charge is 2.27. The summed E-state index contributed by atoms with van der Waals surface area (Å²) in [4.78, 5) is 11.4. The molecular weight excluding hydrogens is 230 g/mol. The zero-order chi connectivity index (χ0) is 13.0. The largest absolute Gasteiger partial charge is 0.469 e. The Morgan fingerprint density at radius 1 is 1.35 bits per heavy atom. The lowest BCUT2D eigenvalue weighted by molar-refractivity contribution is -0.149. The highest BCUT2D eigenvalue weighted by Crippen LogP contribution is 2.26. The molecule has 0 saturated carbocycles. The number of halogens is 2. The third kappa shape index (κ3) is 3.23. The van der Waals surface area contributed by atoms with Crippen molar-refractivity contribution in [3.63, 3.8) is 0 Å². The van der Waals surface area contributed by atoms with E-state index in [4.69, 9.17) is 0 Å². The number of carbonyl (C=O) groups is 1. The number of methoxy groups -OCH3 is 1. The van der Waals surface area contributed by atoms with Gasteiger partial charge in [-0.25, -0.2) is 8.78 Å². The number of benzene rings is 1. The Kier molecular flexibility index (Phi) is 4.57. The van der Waals surface area contributed by atoms with Crippen molar-refractivity contribution in [3.8, 4) is 0 Å². The van der Waals surface area contributed by atoms with Crippen LogP contribution in [0, 0.1) is 17.6 Å². The molecule has 0 aliphatic heterocycles. The highest BCUT2D eigenvalue weighted by molar-refractivity contribution is 5.73. The summed E-state index contributed by atoms with van der Waals surface area (Å²) in [7, 11) is 1.20. The number of aliphatic hydroxyl groups is 1. The van der Waals surface area contributed by atoms with Crippen LogP contribution in [0.15, 0.2) is 18.2 Å². The van der Waals surface area contributed by atoms with E-state index in [1.54, 1.807) is 6.92 Å². The number of rotatable bonds is 4. The molecule has 1 N–H and O–H groups in total. The minimum absolute atomic E-state index is 0.0275. The predicted octanol–water partition coefficient (Wildman–Crippen LogP) is 2.20. The van der Waals surface area contributed by atoms with Crippen molar-refractivity contribution in [2.45, 2.75) is 19.4 Å². The normalized spacial score (nSPS) is 14.2. The summed E-state index contributed by atoms with van der Waals surface area (Å²) in [6, 6.07) is 2.70. The van der Waals surface area contributed by atoms with Crippen LogP contribution in [0.3, 0.4) is 0 Å². The zero-order valence-corrected chi connectivity index (χ0v) is 9.61. The van der Waals surface area contributed by atoms with Crippen LogP contribution in [0.2, 0.25) is 0 Å². The first-order valence-corrected chi connectivity index (χ1v) is 5.21. The van der Waals surface area contributed by atoms with Crippen molar-refractivity contribution in [1.82, 2.24) is 0 Å². The average Bonchev–Trinajstić information content (AvgIpc) is 2.28. The molecule has 2 unspecified atom stereocenters. The second kappa shape index (κ2) is 5.72. The number of hydrogen-bond acceptors (Lipinski definition) is 3. The molecule has 0 amide bonds. The molecule has 5 heteroatoms. The van der Waals surface area contributed by atoms with Gasteiger partial charge >= 0.3 is 5.97 Å². The second-order valence-corrected chi connectivity index (χ2v) is 3.69. The SMILES string of the molecule is CCC(C(=O)OC)C(O)c1cc(F)cc(F)c1. The first kappa shape index (κ1) is 13.6. The Morgan fingerprint density at radius 3 is 2.29 bits per heavy atom. The molecule has 0 fully saturated rings. The summed E-state index contributed by atoms with van der Waals surface area (Å²) in [6.07, 6.45) is -0.968. The average molecular weight is 244 g/mol. The van der Waals surface area contributed by atoms with Gasteiger partial charge in [-0.15, -0.1) is 0 Å². The molecule has 0 aliphatic carbocycles. The Balaban J connectivity index is 3.01. The van der Waals surface area contributed by atoms with Gasteiger partial charge in [-0.3, -0.25) is 4.79 Å². The van der Waals surface area contributed by atoms with Crippen molar-refractivity contribution in [2.75, 3.05) is 7.11 Å². The van der Waals surface area contributed by atoms with Gasteiger partial charge in [0.1, 0.15) is 11.6 Å². The van der Waals surface area contributed by atoms with E-state index in [1.807, 2.05) is 0 Å². The Morgan fingerprint density at radius 2 is 1.88 bits per heavy atom. The quantitative estimate of drug-likeness (QED) is 0.826. The van der Waals surface area contributed by atoms with E-state index in [0.717, 1.165) is 12.1 Å². The maximum atomic E-state index is 13.0. The van der Waals surface area contributed by atoms with E-state index in [2.05, 4.69) is 4.74 Å². The summed E-state index contributed by atoms with van der Waals surface area (Å²) in [5.74, 6) is -3.02. The molecule has 1 rings (SSSR count). The zero-order valence-electron chi connectivity index (χ0n) is 9.61. The summed E-state index contributed by atoms with van der Waals surface area (Å²) < 4.78 is 30.5. The molecule has 17 heavy (non-hydrogen) atoms. The van der Waals surface area contributed by atoms with Gasteiger partial charge < -0.3 is 9.84 Å². The molecule has 94 valence electrons. The lowest BCUT2D eigenvalue weighted by Gasteiger charge is -2.19. The van der Waals surface area contributed by atoms with Crippen LogP contribution in [0.4, 0.5) is 8.78 Å². The molecule has 3 nitrogen and oxygen atoms in total. The fourth-order valence-electron chi connectivity index (χ4n) is 1.65. The predicted molar refractivity (Wildman–Crippen MR) is 57.1 cm³/mol. The van der Waals surface area contributed by atoms with Crippen LogP contribution in [0.25, 0.3) is 0 Å². The third-order valence-electron chi connectivity index (χ3n) is 2.55. The third-order valence-corrected chi connectivity index (χ3v) is 2.55. The smallest absolute Gasteiger partial charge is 0.311 e. The second-order valence-electron chi connectivity index (χ2n) is 3.69. The van der Waals surface area contributed by atoms with Gasteiger partial charge in [0.05, 0.1) is 19.1 Å². The van der Waals surface area contributed by atoms with Gasteiger partial charge in [0.25, 0.3) is 0 Å². The van der Waals surface area contributed by atoms with Crippen molar-refractivity contribution in [1.29, 1.82) is 0 Å². The van der Waals surface area contributed by atoms with E-state index < -0.39 is 29.6 Å². The number of esters is 1. The lowest BCUT2D eigenvalue weighted by Crippen LogP contribution is -2.23. The molecule has 0 aliphatic rings. The van der Waals surface area contributed by atoms with Crippen molar-refractivity contribution >= 4 is 5.97 Å². The molecule has 2 atom stereocenters. The topological polar surface area (TPSA) is 46.5 Å². The van der Waals surface area contributed by atoms with Gasteiger partial charge in [-0.2, -0.15) is 0 Å². The summed E-state index contributed by atoms with van der Waals surface area (Å²) in [5.41, 5.74) is 0.0275. The molecule has 0 spiro atoms. The monoisotopic (exact) mass is 244 g/mol. The molecule has 0 saturated heterocycles. The Hall–Kier alpha value is -1.49. The van der Waals surface area contributed by atoms with Gasteiger partial charge in [-0.05, 0) is 24.1 Å². The van der Waals surface area contributed by atoms with E-state index in [-0.39, 0.29) is 5.56 Å². The van der Waals surface area contributed by atoms with Crippen LogP contribution in [0.1, 0.15) is 25.0 Å². The molecule has 0 bridgehead atoms. The van der Waals surface area contributed by atoms with Crippen molar-refractivity contribution in [3.05, 3.63) is 35.4 Å². The number of carbonyl (C=O) groups excluding carboxylic acids is 1. The van der Waals surface area contributed by atoms with Crippen LogP contribution in [-0.4, -0.2) is 18.2 Å². The molecule has 0 radical (unpaired) electrons. The van der Waals surface area contributed by atoms with Gasteiger partial charge in [0, 0.05) is 6.07 Å². The Labute approximate surface area is 98.0 Å². The summed E-state index contributed by atoms with van der Waals surface area (Å²) >= 11 is 0. The number of aliphatic hydroxyl groups excluding tert-OH is 1. The van der Waals surface area contributed by atoms with Crippen LogP contribution in [0.5, 0.6) is 0 Å². The molecular formula is C12H14F2O3. The maximum Gasteiger partial charge on any atom is 0.311 e. The fourth-order valence-corrected chi connectivity index (χ4v) is 1.65. The highest BCUT2D eigenvalue weighted by atomic mass is 19.1. The minimum atomic E-state index is -1.28. The molecule has 1 aromatic rings. The number of hydrogen-bond donors (Lipinski definition) is 1. The van der Waals surface area contributed by atoms with Gasteiger partial charge in [-0.1, -0.05) is 6.92 Å². The van der Waals surface area contributed by atoms with Crippen LogP contribution >= 0.6 is 0 Å². The summed E-state index contributed by atoms with van der Waals surface area (Å²) in [5, 5.41) is 9.90. The van der Waals surface area contributed by atoms with Crippen LogP contribution in [-0.2, 0) is 9.53 Å². The standard InChI is InChI=1S/C12H14F2O3/c1-3-10(12(16)17-2)11(15)7-4-8(13)6-9(14)5-7/h4-6,10-11,15H,3H2,1-2H3. The molecule has 1 aromatic carbocycles. The first-order valence-electron chi connectivity index (χ1n) is 5.21. The van der Waals surface area contributed by atoms with E-state index >= 15 is 0 Å². The maximum absolute atomic E-state index is 13.0. The van der Waals surface area contributed by atoms with E-state index in [0.29, 0.717) is 12.5 Å². The minimum Gasteiger partial charge on any atom is -0.469 e. The fraction of sp³-hybridized carbons (Fsp3) is 0.417. The Bertz CT molecular complexity index is 386. The molecule has 0 aromatic heterocycles. The van der Waals surface area contributed by atoms with Gasteiger partial charge in [0.2, 0.25) is 0 Å². The first-order chi connectivity index (χ1) is 7.99. The van der Waals surface area contributed by atoms with Gasteiger partial charge in [0.15, 0.2) is 0 Å². The van der Waals surface area contributed by atoms with E-state index in [9.17, 15) is 18.7 Å².